The Morgan fingerprint density at radius 2 is 2.14 bits per heavy atom. The molecule has 22 heavy (non-hydrogen) atoms. The second kappa shape index (κ2) is 5.42. The predicted octanol–water partition coefficient (Wildman–Crippen LogP) is 0.712. The number of amides is 1. The van der Waals surface area contributed by atoms with Crippen molar-refractivity contribution < 1.29 is 14.7 Å². The van der Waals surface area contributed by atoms with E-state index in [1.165, 1.54) is 0 Å². The number of piperazine rings is 1. The molecule has 116 valence electrons. The van der Waals surface area contributed by atoms with Gasteiger partial charge in [0, 0.05) is 19.6 Å². The summed E-state index contributed by atoms with van der Waals surface area (Å²) in [4.78, 5) is 34.9. The standard InChI is InChI=1S/C15H18N4O3/c1-9-16-11-5-3-4-10(13(11)17-9)14(20)19-7-6-18(2)12(8-19)15(21)22/h3-5,12H,6-8H2,1-2H3,(H,16,17)(H,21,22). The van der Waals surface area contributed by atoms with Gasteiger partial charge >= 0.3 is 5.97 Å². The number of carbonyl (C=O) groups excluding carboxylic acids is 1. The Morgan fingerprint density at radius 1 is 1.36 bits per heavy atom. The van der Waals surface area contributed by atoms with Gasteiger partial charge in [0.25, 0.3) is 5.91 Å². The number of likely N-dealkylation sites (N-methyl/N-ethyl adjacent to an activating group) is 1. The number of imidazole rings is 1. The fourth-order valence-electron chi connectivity index (χ4n) is 2.82. The summed E-state index contributed by atoms with van der Waals surface area (Å²) in [6.45, 7) is 3.08. The van der Waals surface area contributed by atoms with Crippen LogP contribution in [0.1, 0.15) is 16.2 Å². The maximum absolute atomic E-state index is 12.8. The lowest BCUT2D eigenvalue weighted by molar-refractivity contribution is -0.144. The van der Waals surface area contributed by atoms with Gasteiger partial charge in [0.15, 0.2) is 0 Å². The second-order valence-corrected chi connectivity index (χ2v) is 5.61. The summed E-state index contributed by atoms with van der Waals surface area (Å²) in [5, 5.41) is 9.26. The zero-order chi connectivity index (χ0) is 15.9. The van der Waals surface area contributed by atoms with Crippen LogP contribution < -0.4 is 0 Å². The van der Waals surface area contributed by atoms with E-state index < -0.39 is 12.0 Å². The Morgan fingerprint density at radius 3 is 2.86 bits per heavy atom. The van der Waals surface area contributed by atoms with Crippen molar-refractivity contribution in [2.24, 2.45) is 0 Å². The molecule has 1 amide bonds. The summed E-state index contributed by atoms with van der Waals surface area (Å²) >= 11 is 0. The Hall–Kier alpha value is -2.41. The van der Waals surface area contributed by atoms with Crippen molar-refractivity contribution >= 4 is 22.9 Å². The zero-order valence-electron chi connectivity index (χ0n) is 12.5. The SMILES string of the molecule is Cc1nc2c(C(=O)N3CCN(C)C(C(=O)O)C3)cccc2[nH]1. The van der Waals surface area contributed by atoms with Crippen LogP contribution in [0.2, 0.25) is 0 Å². The van der Waals surface area contributed by atoms with Crippen molar-refractivity contribution in [3.63, 3.8) is 0 Å². The highest BCUT2D eigenvalue weighted by Crippen LogP contribution is 2.20. The van der Waals surface area contributed by atoms with Crippen LogP contribution in [0.15, 0.2) is 18.2 Å². The number of nitrogens with zero attached hydrogens (tertiary/aromatic N) is 3. The van der Waals surface area contributed by atoms with Crippen molar-refractivity contribution in [2.75, 3.05) is 26.7 Å². The molecule has 1 saturated heterocycles. The number of aryl methyl sites for hydroxylation is 1. The number of rotatable bonds is 2. The highest BCUT2D eigenvalue weighted by Gasteiger charge is 2.33. The smallest absolute Gasteiger partial charge is 0.322 e. The number of H-pyrrole nitrogens is 1. The molecule has 0 aliphatic carbocycles. The summed E-state index contributed by atoms with van der Waals surface area (Å²) in [5.74, 6) is -0.331. The summed E-state index contributed by atoms with van der Waals surface area (Å²) in [7, 11) is 1.76. The minimum absolute atomic E-state index is 0.170. The Labute approximate surface area is 127 Å². The van der Waals surface area contributed by atoms with E-state index in [1.807, 2.05) is 13.0 Å². The number of carbonyl (C=O) groups is 2. The van der Waals surface area contributed by atoms with E-state index in [4.69, 9.17) is 0 Å². The summed E-state index contributed by atoms with van der Waals surface area (Å²) < 4.78 is 0. The lowest BCUT2D eigenvalue weighted by atomic mass is 10.1. The van der Waals surface area contributed by atoms with Gasteiger partial charge in [0.1, 0.15) is 17.4 Å². The van der Waals surface area contributed by atoms with Crippen LogP contribution in [0.4, 0.5) is 0 Å². The second-order valence-electron chi connectivity index (χ2n) is 5.61. The van der Waals surface area contributed by atoms with Crippen molar-refractivity contribution in [2.45, 2.75) is 13.0 Å². The van der Waals surface area contributed by atoms with Crippen LogP contribution in [0.25, 0.3) is 11.0 Å². The molecule has 0 bridgehead atoms. The molecule has 1 atom stereocenters. The molecule has 2 heterocycles. The number of fused-ring (bicyclic) bond motifs is 1. The number of benzene rings is 1. The number of hydrogen-bond acceptors (Lipinski definition) is 4. The monoisotopic (exact) mass is 302 g/mol. The van der Waals surface area contributed by atoms with E-state index in [-0.39, 0.29) is 12.5 Å². The normalized spacial score (nSPS) is 19.5. The van der Waals surface area contributed by atoms with Gasteiger partial charge in [-0.1, -0.05) is 6.07 Å². The lowest BCUT2D eigenvalue weighted by Crippen LogP contribution is -2.56. The first-order valence-corrected chi connectivity index (χ1v) is 7.15. The fraction of sp³-hybridized carbons (Fsp3) is 0.400. The maximum atomic E-state index is 12.8. The number of para-hydroxylation sites is 1. The zero-order valence-corrected chi connectivity index (χ0v) is 12.5. The molecule has 1 aliphatic heterocycles. The van der Waals surface area contributed by atoms with E-state index in [9.17, 15) is 14.7 Å². The van der Waals surface area contributed by atoms with Crippen LogP contribution in [0.5, 0.6) is 0 Å². The van der Waals surface area contributed by atoms with E-state index >= 15 is 0 Å². The number of aliphatic carboxylic acids is 1. The van der Waals surface area contributed by atoms with Crippen molar-refractivity contribution in [1.82, 2.24) is 19.8 Å². The number of carboxylic acids is 1. The molecule has 2 N–H and O–H groups in total. The predicted molar refractivity (Wildman–Crippen MR) is 80.8 cm³/mol. The quantitative estimate of drug-likeness (QED) is 0.853. The molecule has 7 nitrogen and oxygen atoms in total. The van der Waals surface area contributed by atoms with Crippen LogP contribution in [-0.2, 0) is 4.79 Å². The molecule has 7 heteroatoms. The lowest BCUT2D eigenvalue weighted by Gasteiger charge is -2.37. The van der Waals surface area contributed by atoms with E-state index in [2.05, 4.69) is 9.97 Å². The first kappa shape index (κ1) is 14.5. The molecule has 2 aromatic rings. The summed E-state index contributed by atoms with van der Waals surface area (Å²) in [5.41, 5.74) is 1.96. The minimum Gasteiger partial charge on any atom is -0.480 e. The van der Waals surface area contributed by atoms with E-state index in [0.717, 1.165) is 11.3 Å². The minimum atomic E-state index is -0.908. The highest BCUT2D eigenvalue weighted by molar-refractivity contribution is 6.05. The number of aromatic nitrogens is 2. The molecule has 1 fully saturated rings. The number of aromatic amines is 1. The fourth-order valence-corrected chi connectivity index (χ4v) is 2.82. The summed E-state index contributed by atoms with van der Waals surface area (Å²) in [6.07, 6.45) is 0. The van der Waals surface area contributed by atoms with Crippen molar-refractivity contribution in [3.05, 3.63) is 29.6 Å². The molecular weight excluding hydrogens is 284 g/mol. The van der Waals surface area contributed by atoms with Crippen LogP contribution in [-0.4, -0.2) is 69.5 Å². The van der Waals surface area contributed by atoms with Gasteiger partial charge in [-0.2, -0.15) is 0 Å². The molecule has 0 radical (unpaired) electrons. The molecule has 0 spiro atoms. The third kappa shape index (κ3) is 2.43. The van der Waals surface area contributed by atoms with Crippen LogP contribution >= 0.6 is 0 Å². The van der Waals surface area contributed by atoms with Gasteiger partial charge in [0.05, 0.1) is 11.1 Å². The first-order chi connectivity index (χ1) is 10.5. The van der Waals surface area contributed by atoms with E-state index in [0.29, 0.717) is 24.2 Å². The topological polar surface area (TPSA) is 89.5 Å². The molecule has 1 aromatic heterocycles. The Bertz CT molecular complexity index is 739. The average molecular weight is 302 g/mol. The largest absolute Gasteiger partial charge is 0.480 e. The Kier molecular flexibility index (Phi) is 3.58. The number of carboxylic acid groups (broad SMARTS) is 1. The maximum Gasteiger partial charge on any atom is 0.322 e. The average Bonchev–Trinajstić information content (AvgIpc) is 2.86. The van der Waals surface area contributed by atoms with Crippen LogP contribution in [0, 0.1) is 6.92 Å². The Balaban J connectivity index is 1.91. The van der Waals surface area contributed by atoms with Gasteiger partial charge < -0.3 is 15.0 Å². The van der Waals surface area contributed by atoms with E-state index in [1.54, 1.807) is 29.0 Å². The third-order valence-electron chi connectivity index (χ3n) is 4.08. The first-order valence-electron chi connectivity index (χ1n) is 7.15. The van der Waals surface area contributed by atoms with Gasteiger partial charge in [-0.05, 0) is 26.1 Å². The molecule has 1 unspecified atom stereocenters. The number of hydrogen-bond donors (Lipinski definition) is 2. The molecular formula is C15H18N4O3. The molecule has 1 aromatic carbocycles. The number of nitrogens with one attached hydrogen (secondary N) is 1. The molecule has 0 saturated carbocycles. The third-order valence-corrected chi connectivity index (χ3v) is 4.08. The van der Waals surface area contributed by atoms with Crippen LogP contribution in [0.3, 0.4) is 0 Å². The van der Waals surface area contributed by atoms with Crippen molar-refractivity contribution in [1.29, 1.82) is 0 Å². The van der Waals surface area contributed by atoms with Gasteiger partial charge in [0.2, 0.25) is 0 Å². The summed E-state index contributed by atoms with van der Waals surface area (Å²) in [6, 6.07) is 4.74. The highest BCUT2D eigenvalue weighted by atomic mass is 16.4. The van der Waals surface area contributed by atoms with Gasteiger partial charge in [-0.3, -0.25) is 14.5 Å². The van der Waals surface area contributed by atoms with Gasteiger partial charge in [-0.25, -0.2) is 4.98 Å². The molecule has 1 aliphatic rings. The van der Waals surface area contributed by atoms with Gasteiger partial charge in [-0.15, -0.1) is 0 Å². The molecule has 3 rings (SSSR count). The van der Waals surface area contributed by atoms with Crippen molar-refractivity contribution in [3.8, 4) is 0 Å².